The molecule has 0 spiro atoms. The first kappa shape index (κ1) is 13.8. The van der Waals surface area contributed by atoms with Crippen LogP contribution in [0.5, 0.6) is 0 Å². The zero-order valence-corrected chi connectivity index (χ0v) is 11.7. The average Bonchev–Trinajstić information content (AvgIpc) is 3.15. The van der Waals surface area contributed by atoms with E-state index >= 15 is 0 Å². The van der Waals surface area contributed by atoms with Crippen molar-refractivity contribution in [3.63, 3.8) is 0 Å². The molecule has 2 atom stereocenters. The maximum Gasteiger partial charge on any atom is 0.325 e. The second-order valence-corrected chi connectivity index (χ2v) is 5.08. The molecule has 110 valence electrons. The summed E-state index contributed by atoms with van der Waals surface area (Å²) in [5.41, 5.74) is 8.01. The number of hydrogen-bond donors (Lipinski definition) is 2. The summed E-state index contributed by atoms with van der Waals surface area (Å²) in [5, 5.41) is 3.75. The van der Waals surface area contributed by atoms with Crippen LogP contribution < -0.4 is 10.9 Å². The Morgan fingerprint density at radius 1 is 1.38 bits per heavy atom. The van der Waals surface area contributed by atoms with Crippen molar-refractivity contribution in [3.05, 3.63) is 53.4 Å². The lowest BCUT2D eigenvalue weighted by Gasteiger charge is -2.09. The van der Waals surface area contributed by atoms with Gasteiger partial charge < -0.3 is 9.26 Å². The molecule has 1 aliphatic rings. The van der Waals surface area contributed by atoms with Crippen LogP contribution in [-0.4, -0.2) is 17.2 Å². The second-order valence-electron chi connectivity index (χ2n) is 5.08. The van der Waals surface area contributed by atoms with Crippen LogP contribution in [0.15, 0.2) is 40.9 Å². The fraction of sp³-hybridized carbons (Fsp3) is 0.333. The van der Waals surface area contributed by atoms with Gasteiger partial charge in [0.15, 0.2) is 12.4 Å². The summed E-state index contributed by atoms with van der Waals surface area (Å²) < 4.78 is 10.2. The number of nitrogens with zero attached hydrogens (tertiary/aromatic N) is 1. The molecule has 2 unspecified atom stereocenters. The van der Waals surface area contributed by atoms with Crippen LogP contribution in [0.4, 0.5) is 0 Å². The van der Waals surface area contributed by atoms with Crippen LogP contribution >= 0.6 is 0 Å². The van der Waals surface area contributed by atoms with Crippen molar-refractivity contribution < 1.29 is 14.1 Å². The van der Waals surface area contributed by atoms with E-state index in [1.54, 1.807) is 6.07 Å². The Morgan fingerprint density at radius 3 is 2.90 bits per heavy atom. The summed E-state index contributed by atoms with van der Waals surface area (Å²) >= 11 is 0. The highest BCUT2D eigenvalue weighted by atomic mass is 16.6. The Balaban J connectivity index is 1.52. The number of aromatic nitrogens is 1. The van der Waals surface area contributed by atoms with Gasteiger partial charge in [0, 0.05) is 12.1 Å². The van der Waals surface area contributed by atoms with Crippen LogP contribution in [-0.2, 0) is 16.1 Å². The molecule has 3 rings (SSSR count). The zero-order chi connectivity index (χ0) is 14.7. The Kier molecular flexibility index (Phi) is 3.98. The van der Waals surface area contributed by atoms with E-state index in [1.807, 2.05) is 37.3 Å². The summed E-state index contributed by atoms with van der Waals surface area (Å²) in [7, 11) is 0. The van der Waals surface area contributed by atoms with Gasteiger partial charge in [0.25, 0.3) is 0 Å². The minimum atomic E-state index is -0.362. The van der Waals surface area contributed by atoms with Crippen molar-refractivity contribution in [1.82, 2.24) is 16.0 Å². The predicted octanol–water partition coefficient (Wildman–Crippen LogP) is 1.63. The van der Waals surface area contributed by atoms with Crippen molar-refractivity contribution in [3.8, 4) is 0 Å². The zero-order valence-electron chi connectivity index (χ0n) is 11.7. The first-order valence-corrected chi connectivity index (χ1v) is 6.87. The molecule has 0 saturated carbocycles. The number of esters is 1. The van der Waals surface area contributed by atoms with Gasteiger partial charge in [-0.25, -0.2) is 10.9 Å². The van der Waals surface area contributed by atoms with E-state index in [0.717, 1.165) is 11.3 Å². The highest BCUT2D eigenvalue weighted by molar-refractivity contribution is 5.76. The highest BCUT2D eigenvalue weighted by Crippen LogP contribution is 2.22. The molecule has 1 aliphatic heterocycles. The maximum absolute atomic E-state index is 12.0. The van der Waals surface area contributed by atoms with E-state index in [4.69, 9.17) is 9.26 Å². The largest absolute Gasteiger partial charge is 0.456 e. The highest BCUT2D eigenvalue weighted by Gasteiger charge is 2.31. The Morgan fingerprint density at radius 2 is 2.19 bits per heavy atom. The number of carbonyl (C=O) groups is 1. The molecule has 1 aromatic heterocycles. The van der Waals surface area contributed by atoms with Gasteiger partial charge in [-0.3, -0.25) is 4.79 Å². The average molecular weight is 287 g/mol. The van der Waals surface area contributed by atoms with E-state index in [0.29, 0.717) is 12.2 Å². The number of carbonyl (C=O) groups excluding carboxylic acids is 1. The van der Waals surface area contributed by atoms with E-state index in [-0.39, 0.29) is 24.7 Å². The minimum absolute atomic E-state index is 0.105. The van der Waals surface area contributed by atoms with Crippen molar-refractivity contribution in [1.29, 1.82) is 0 Å². The van der Waals surface area contributed by atoms with Crippen LogP contribution in [0.25, 0.3) is 0 Å². The molecule has 1 fully saturated rings. The third-order valence-corrected chi connectivity index (χ3v) is 3.42. The van der Waals surface area contributed by atoms with Crippen molar-refractivity contribution in [2.45, 2.75) is 32.0 Å². The van der Waals surface area contributed by atoms with Gasteiger partial charge in [-0.1, -0.05) is 35.5 Å². The van der Waals surface area contributed by atoms with Gasteiger partial charge in [-0.2, -0.15) is 0 Å². The molecular formula is C15H17N3O3. The topological polar surface area (TPSA) is 76.4 Å². The van der Waals surface area contributed by atoms with E-state index in [1.165, 1.54) is 0 Å². The van der Waals surface area contributed by atoms with E-state index in [2.05, 4.69) is 16.0 Å². The normalized spacial score (nSPS) is 21.4. The first-order valence-electron chi connectivity index (χ1n) is 6.87. The summed E-state index contributed by atoms with van der Waals surface area (Å²) in [6.07, 6.45) is 0.651. The van der Waals surface area contributed by atoms with Gasteiger partial charge in [-0.15, -0.1) is 0 Å². The number of ether oxygens (including phenoxy) is 1. The standard InChI is InChI=1S/C15H17N3O3/c1-10-7-12(21-18-10)9-20-15(19)14-8-13(16-17-14)11-5-3-2-4-6-11/h2-7,13-14,16-17H,8-9H2,1H3. The summed E-state index contributed by atoms with van der Waals surface area (Å²) in [5.74, 6) is 0.251. The third-order valence-electron chi connectivity index (χ3n) is 3.42. The minimum Gasteiger partial charge on any atom is -0.456 e. The number of benzene rings is 1. The number of hydrogen-bond acceptors (Lipinski definition) is 6. The molecular weight excluding hydrogens is 270 g/mol. The third kappa shape index (κ3) is 3.29. The second kappa shape index (κ2) is 6.07. The summed E-state index contributed by atoms with van der Waals surface area (Å²) in [4.78, 5) is 12.0. The monoisotopic (exact) mass is 287 g/mol. The van der Waals surface area contributed by atoms with Gasteiger partial charge in [0.1, 0.15) is 6.04 Å². The summed E-state index contributed by atoms with van der Waals surface area (Å²) in [6.45, 7) is 1.93. The van der Waals surface area contributed by atoms with Gasteiger partial charge >= 0.3 is 5.97 Å². The molecule has 0 bridgehead atoms. The first-order chi connectivity index (χ1) is 10.2. The molecule has 2 N–H and O–H groups in total. The van der Waals surface area contributed by atoms with Crippen molar-refractivity contribution in [2.24, 2.45) is 0 Å². The number of aryl methyl sites for hydroxylation is 1. The lowest BCUT2D eigenvalue weighted by Crippen LogP contribution is -2.37. The molecule has 2 heterocycles. The Hall–Kier alpha value is -2.18. The van der Waals surface area contributed by atoms with Gasteiger partial charge in [0.05, 0.1) is 5.69 Å². The summed E-state index contributed by atoms with van der Waals surface area (Å²) in [6, 6.07) is 11.5. The predicted molar refractivity (Wildman–Crippen MR) is 74.9 cm³/mol. The molecule has 0 amide bonds. The lowest BCUT2D eigenvalue weighted by molar-refractivity contribution is -0.147. The van der Waals surface area contributed by atoms with Crippen LogP contribution in [0, 0.1) is 6.92 Å². The van der Waals surface area contributed by atoms with Crippen LogP contribution in [0.1, 0.15) is 29.5 Å². The molecule has 21 heavy (non-hydrogen) atoms. The van der Waals surface area contributed by atoms with E-state index in [9.17, 15) is 4.79 Å². The van der Waals surface area contributed by atoms with Crippen molar-refractivity contribution in [2.75, 3.05) is 0 Å². The number of nitrogens with one attached hydrogen (secondary N) is 2. The molecule has 0 aliphatic carbocycles. The Labute approximate surface area is 122 Å². The quantitative estimate of drug-likeness (QED) is 0.832. The lowest BCUT2D eigenvalue weighted by atomic mass is 10.0. The molecule has 1 saturated heterocycles. The van der Waals surface area contributed by atoms with Crippen LogP contribution in [0.3, 0.4) is 0 Å². The van der Waals surface area contributed by atoms with Crippen LogP contribution in [0.2, 0.25) is 0 Å². The smallest absolute Gasteiger partial charge is 0.325 e. The SMILES string of the molecule is Cc1cc(COC(=O)C2CC(c3ccccc3)NN2)on1. The molecule has 6 heteroatoms. The molecule has 0 radical (unpaired) electrons. The maximum atomic E-state index is 12.0. The van der Waals surface area contributed by atoms with Crippen molar-refractivity contribution >= 4 is 5.97 Å². The molecule has 2 aromatic rings. The van der Waals surface area contributed by atoms with E-state index < -0.39 is 0 Å². The Bertz CT molecular complexity index is 612. The van der Waals surface area contributed by atoms with Gasteiger partial charge in [-0.05, 0) is 18.9 Å². The number of hydrazine groups is 1. The fourth-order valence-electron chi connectivity index (χ4n) is 2.34. The molecule has 1 aromatic carbocycles. The van der Waals surface area contributed by atoms with Gasteiger partial charge in [0.2, 0.25) is 0 Å². The fourth-order valence-corrected chi connectivity index (χ4v) is 2.34. The number of rotatable bonds is 4. The molecule has 6 nitrogen and oxygen atoms in total.